The zero-order valence-electron chi connectivity index (χ0n) is 12.2. The molecule has 1 aliphatic rings. The zero-order chi connectivity index (χ0) is 15.2. The van der Waals surface area contributed by atoms with Gasteiger partial charge in [-0.1, -0.05) is 11.6 Å². The van der Waals surface area contributed by atoms with Crippen molar-refractivity contribution in [2.75, 3.05) is 49.9 Å². The predicted octanol–water partition coefficient (Wildman–Crippen LogP) is 0.360. The maximum Gasteiger partial charge on any atom is 0.234 e. The topological polar surface area (TPSA) is 87.4 Å². The van der Waals surface area contributed by atoms with Crippen LogP contribution in [0.4, 0.5) is 11.8 Å². The number of amides is 1. The molecular formula is C13H21ClN6O. The molecule has 0 aromatic carbocycles. The van der Waals surface area contributed by atoms with Gasteiger partial charge in [0.2, 0.25) is 11.9 Å². The van der Waals surface area contributed by atoms with Crippen molar-refractivity contribution in [3.63, 3.8) is 0 Å². The lowest BCUT2D eigenvalue weighted by Crippen LogP contribution is -2.39. The van der Waals surface area contributed by atoms with Crippen LogP contribution in [0.2, 0.25) is 5.15 Å². The number of rotatable bonds is 4. The molecule has 1 saturated heterocycles. The van der Waals surface area contributed by atoms with Crippen LogP contribution in [0.1, 0.15) is 13.3 Å². The summed E-state index contributed by atoms with van der Waals surface area (Å²) in [5, 5.41) is 3.17. The number of carbonyl (C=O) groups excluding carboxylic acids is 1. The normalized spacial score (nSPS) is 16.6. The third-order valence-electron chi connectivity index (χ3n) is 3.35. The van der Waals surface area contributed by atoms with E-state index < -0.39 is 0 Å². The van der Waals surface area contributed by atoms with Crippen LogP contribution in [0.5, 0.6) is 0 Å². The Bertz CT molecular complexity index is 477. The number of nitrogen functional groups attached to an aromatic ring is 1. The van der Waals surface area contributed by atoms with E-state index >= 15 is 0 Å². The van der Waals surface area contributed by atoms with Crippen molar-refractivity contribution in [3.8, 4) is 0 Å². The number of carbonyl (C=O) groups is 1. The van der Waals surface area contributed by atoms with E-state index in [9.17, 15) is 4.79 Å². The fourth-order valence-corrected chi connectivity index (χ4v) is 2.58. The second kappa shape index (κ2) is 7.42. The molecule has 3 N–H and O–H groups in total. The van der Waals surface area contributed by atoms with Crippen LogP contribution < -0.4 is 16.0 Å². The van der Waals surface area contributed by atoms with Gasteiger partial charge in [0.25, 0.3) is 0 Å². The standard InChI is InChI=1S/C13H21ClN6O/c1-2-16-12(21)9-19-4-3-5-20(7-6-19)11-8-10(14)17-13(15)18-11/h8H,2-7,9H2,1H3,(H,16,21)(H2,15,17,18). The van der Waals surface area contributed by atoms with Crippen LogP contribution >= 0.6 is 11.6 Å². The quantitative estimate of drug-likeness (QED) is 0.781. The summed E-state index contributed by atoms with van der Waals surface area (Å²) in [6.45, 7) is 6.36. The van der Waals surface area contributed by atoms with E-state index in [-0.39, 0.29) is 11.9 Å². The Morgan fingerprint density at radius 1 is 1.38 bits per heavy atom. The summed E-state index contributed by atoms with van der Waals surface area (Å²) < 4.78 is 0. The SMILES string of the molecule is CCNC(=O)CN1CCCN(c2cc(Cl)nc(N)n2)CC1. The monoisotopic (exact) mass is 312 g/mol. The number of nitrogens with zero attached hydrogens (tertiary/aromatic N) is 4. The van der Waals surface area contributed by atoms with Crippen molar-refractivity contribution >= 4 is 29.3 Å². The summed E-state index contributed by atoms with van der Waals surface area (Å²) in [6.07, 6.45) is 0.959. The summed E-state index contributed by atoms with van der Waals surface area (Å²) in [7, 11) is 0. The van der Waals surface area contributed by atoms with E-state index in [0.29, 0.717) is 18.2 Å². The van der Waals surface area contributed by atoms with Crippen molar-refractivity contribution in [2.45, 2.75) is 13.3 Å². The Morgan fingerprint density at radius 3 is 2.90 bits per heavy atom. The average Bonchev–Trinajstić information content (AvgIpc) is 2.63. The average molecular weight is 313 g/mol. The van der Waals surface area contributed by atoms with Crippen LogP contribution in [-0.2, 0) is 4.79 Å². The lowest BCUT2D eigenvalue weighted by atomic mass is 10.3. The molecule has 0 unspecified atom stereocenters. The Morgan fingerprint density at radius 2 is 2.19 bits per heavy atom. The van der Waals surface area contributed by atoms with Gasteiger partial charge in [0.15, 0.2) is 0 Å². The minimum atomic E-state index is 0.0697. The molecule has 0 saturated carbocycles. The molecule has 1 amide bonds. The largest absolute Gasteiger partial charge is 0.368 e. The summed E-state index contributed by atoms with van der Waals surface area (Å²) in [5.41, 5.74) is 5.64. The third-order valence-corrected chi connectivity index (χ3v) is 3.55. The first-order chi connectivity index (χ1) is 10.1. The molecule has 0 aliphatic carbocycles. The van der Waals surface area contributed by atoms with Gasteiger partial charge in [-0.2, -0.15) is 4.98 Å². The highest BCUT2D eigenvalue weighted by Gasteiger charge is 2.18. The van der Waals surface area contributed by atoms with E-state index in [1.54, 1.807) is 6.07 Å². The Kier molecular flexibility index (Phi) is 5.58. The van der Waals surface area contributed by atoms with Gasteiger partial charge in [-0.05, 0) is 13.3 Å². The molecule has 0 spiro atoms. The fourth-order valence-electron chi connectivity index (χ4n) is 2.40. The molecule has 0 atom stereocenters. The van der Waals surface area contributed by atoms with E-state index in [1.807, 2.05) is 6.92 Å². The molecule has 0 bridgehead atoms. The molecule has 116 valence electrons. The number of hydrogen-bond donors (Lipinski definition) is 2. The fraction of sp³-hybridized carbons (Fsp3) is 0.615. The van der Waals surface area contributed by atoms with Crippen LogP contribution in [0.25, 0.3) is 0 Å². The lowest BCUT2D eigenvalue weighted by Gasteiger charge is -2.22. The first-order valence-corrected chi connectivity index (χ1v) is 7.50. The van der Waals surface area contributed by atoms with Crippen molar-refractivity contribution in [1.82, 2.24) is 20.2 Å². The van der Waals surface area contributed by atoms with Crippen molar-refractivity contribution in [2.24, 2.45) is 0 Å². The molecule has 1 aliphatic heterocycles. The molecule has 8 heteroatoms. The van der Waals surface area contributed by atoms with Crippen LogP contribution in [0.15, 0.2) is 6.07 Å². The highest BCUT2D eigenvalue weighted by molar-refractivity contribution is 6.29. The summed E-state index contributed by atoms with van der Waals surface area (Å²) in [4.78, 5) is 24.0. The van der Waals surface area contributed by atoms with Crippen molar-refractivity contribution in [3.05, 3.63) is 11.2 Å². The van der Waals surface area contributed by atoms with Gasteiger partial charge < -0.3 is 16.0 Å². The minimum Gasteiger partial charge on any atom is -0.368 e. The third kappa shape index (κ3) is 4.71. The predicted molar refractivity (Wildman–Crippen MR) is 83.4 cm³/mol. The summed E-state index contributed by atoms with van der Waals surface area (Å²) in [5.74, 6) is 0.994. The molecule has 2 heterocycles. The lowest BCUT2D eigenvalue weighted by molar-refractivity contribution is -0.122. The van der Waals surface area contributed by atoms with Crippen molar-refractivity contribution in [1.29, 1.82) is 0 Å². The number of likely N-dealkylation sites (N-methyl/N-ethyl adjacent to an activating group) is 1. The molecule has 7 nitrogen and oxygen atoms in total. The van der Waals surface area contributed by atoms with Gasteiger partial charge in [-0.25, -0.2) is 4.98 Å². The second-order valence-corrected chi connectivity index (χ2v) is 5.36. The molecule has 1 aromatic rings. The van der Waals surface area contributed by atoms with Gasteiger partial charge in [-0.3, -0.25) is 9.69 Å². The first kappa shape index (κ1) is 15.8. The van der Waals surface area contributed by atoms with Crippen LogP contribution in [0.3, 0.4) is 0 Å². The minimum absolute atomic E-state index is 0.0697. The number of aromatic nitrogens is 2. The van der Waals surface area contributed by atoms with Gasteiger partial charge in [0.05, 0.1) is 6.54 Å². The Labute approximate surface area is 129 Å². The number of anilines is 2. The molecule has 21 heavy (non-hydrogen) atoms. The van der Waals surface area contributed by atoms with Gasteiger partial charge in [-0.15, -0.1) is 0 Å². The number of hydrogen-bond acceptors (Lipinski definition) is 6. The van der Waals surface area contributed by atoms with E-state index in [2.05, 4.69) is 25.1 Å². The highest BCUT2D eigenvalue weighted by atomic mass is 35.5. The molecule has 0 radical (unpaired) electrons. The molecule has 2 rings (SSSR count). The van der Waals surface area contributed by atoms with E-state index in [1.165, 1.54) is 0 Å². The zero-order valence-corrected chi connectivity index (χ0v) is 12.9. The number of halogens is 1. The molecule has 1 aromatic heterocycles. The number of nitrogens with two attached hydrogens (primary N) is 1. The van der Waals surface area contributed by atoms with E-state index in [4.69, 9.17) is 17.3 Å². The second-order valence-electron chi connectivity index (χ2n) is 4.98. The smallest absolute Gasteiger partial charge is 0.234 e. The number of nitrogens with one attached hydrogen (secondary N) is 1. The van der Waals surface area contributed by atoms with Gasteiger partial charge >= 0.3 is 0 Å². The van der Waals surface area contributed by atoms with Crippen LogP contribution in [-0.4, -0.2) is 60.0 Å². The summed E-state index contributed by atoms with van der Waals surface area (Å²) >= 11 is 5.92. The van der Waals surface area contributed by atoms with Crippen LogP contribution in [0, 0.1) is 0 Å². The molecular weight excluding hydrogens is 292 g/mol. The molecule has 1 fully saturated rings. The Hall–Kier alpha value is -1.60. The van der Waals surface area contributed by atoms with Crippen molar-refractivity contribution < 1.29 is 4.79 Å². The van der Waals surface area contributed by atoms with E-state index in [0.717, 1.165) is 38.4 Å². The van der Waals surface area contributed by atoms with Gasteiger partial charge in [0, 0.05) is 38.8 Å². The van der Waals surface area contributed by atoms with Gasteiger partial charge in [0.1, 0.15) is 11.0 Å². The highest BCUT2D eigenvalue weighted by Crippen LogP contribution is 2.18. The summed E-state index contributed by atoms with van der Waals surface area (Å²) in [6, 6.07) is 1.72. The maximum absolute atomic E-state index is 11.6. The maximum atomic E-state index is 11.6. The first-order valence-electron chi connectivity index (χ1n) is 7.12. The Balaban J connectivity index is 1.95.